The Labute approximate surface area is 84.0 Å². The largest absolute Gasteiger partial charge is 0.394 e. The molecule has 1 fully saturated rings. The van der Waals surface area contributed by atoms with Gasteiger partial charge in [-0.1, -0.05) is 0 Å². The Hall–Kier alpha value is -0.650. The number of nitrogens with one attached hydrogen (secondary N) is 1. The first kappa shape index (κ1) is 11.4. The second-order valence-electron chi connectivity index (χ2n) is 3.71. The van der Waals surface area contributed by atoms with Gasteiger partial charge in [-0.2, -0.15) is 0 Å². The number of amides is 1. The van der Waals surface area contributed by atoms with E-state index in [2.05, 4.69) is 10.2 Å². The fourth-order valence-electron chi connectivity index (χ4n) is 1.32. The van der Waals surface area contributed by atoms with Gasteiger partial charge in [0.1, 0.15) is 6.10 Å². The zero-order chi connectivity index (χ0) is 10.6. The van der Waals surface area contributed by atoms with Crippen LogP contribution < -0.4 is 5.32 Å². The van der Waals surface area contributed by atoms with Crippen LogP contribution in [0.15, 0.2) is 0 Å². The first-order valence-electron chi connectivity index (χ1n) is 4.85. The van der Waals surface area contributed by atoms with Gasteiger partial charge in [-0.15, -0.1) is 0 Å². The van der Waals surface area contributed by atoms with Gasteiger partial charge in [-0.3, -0.25) is 4.79 Å². The molecule has 82 valence electrons. The zero-order valence-corrected chi connectivity index (χ0v) is 8.69. The molecule has 0 aromatic heterocycles. The van der Waals surface area contributed by atoms with E-state index in [1.54, 1.807) is 6.92 Å². The van der Waals surface area contributed by atoms with Crippen molar-refractivity contribution in [3.8, 4) is 0 Å². The summed E-state index contributed by atoms with van der Waals surface area (Å²) in [5.41, 5.74) is 0. The predicted molar refractivity (Wildman–Crippen MR) is 51.9 cm³/mol. The molecule has 1 aliphatic heterocycles. The number of carbonyl (C=O) groups is 1. The monoisotopic (exact) mass is 202 g/mol. The molecule has 14 heavy (non-hydrogen) atoms. The third-order valence-corrected chi connectivity index (χ3v) is 2.22. The number of hydrogen-bond acceptors (Lipinski definition) is 4. The molecule has 0 bridgehead atoms. The van der Waals surface area contributed by atoms with Gasteiger partial charge in [0.2, 0.25) is 0 Å². The fraction of sp³-hybridized carbons (Fsp3) is 0.889. The minimum atomic E-state index is -0.400. The Morgan fingerprint density at radius 1 is 1.79 bits per heavy atom. The Bertz CT molecular complexity index is 198. The molecule has 2 unspecified atom stereocenters. The summed E-state index contributed by atoms with van der Waals surface area (Å²) in [5.74, 6) is -0.141. The second kappa shape index (κ2) is 5.29. The summed E-state index contributed by atoms with van der Waals surface area (Å²) in [6.45, 7) is 3.77. The number of likely N-dealkylation sites (N-methyl/N-ethyl adjacent to an activating group) is 1. The smallest absolute Gasteiger partial charge is 0.250 e. The molecule has 5 heteroatoms. The number of hydrogen-bond donors (Lipinski definition) is 2. The SMILES string of the molecule is CC(CO)NC(=O)C1CN(C)CCO1. The third-order valence-electron chi connectivity index (χ3n) is 2.22. The molecule has 5 nitrogen and oxygen atoms in total. The average molecular weight is 202 g/mol. The van der Waals surface area contributed by atoms with Crippen LogP contribution in [-0.2, 0) is 9.53 Å². The van der Waals surface area contributed by atoms with Gasteiger partial charge in [0.15, 0.2) is 0 Å². The molecule has 1 rings (SSSR count). The van der Waals surface area contributed by atoms with Crippen LogP contribution in [0.4, 0.5) is 0 Å². The lowest BCUT2D eigenvalue weighted by molar-refractivity contribution is -0.138. The highest BCUT2D eigenvalue weighted by molar-refractivity contribution is 5.81. The van der Waals surface area contributed by atoms with Crippen molar-refractivity contribution in [3.05, 3.63) is 0 Å². The van der Waals surface area contributed by atoms with Crippen LogP contribution in [-0.4, -0.2) is 61.4 Å². The lowest BCUT2D eigenvalue weighted by Gasteiger charge is -2.29. The summed E-state index contributed by atoms with van der Waals surface area (Å²) in [7, 11) is 1.96. The maximum absolute atomic E-state index is 11.5. The van der Waals surface area contributed by atoms with Gasteiger partial charge in [-0.05, 0) is 14.0 Å². The summed E-state index contributed by atoms with van der Waals surface area (Å²) in [6, 6.07) is -0.210. The van der Waals surface area contributed by atoms with Crippen LogP contribution in [0.5, 0.6) is 0 Å². The molecule has 0 aliphatic carbocycles. The Morgan fingerprint density at radius 3 is 3.07 bits per heavy atom. The van der Waals surface area contributed by atoms with E-state index in [-0.39, 0.29) is 18.6 Å². The van der Waals surface area contributed by atoms with E-state index in [0.717, 1.165) is 6.54 Å². The van der Waals surface area contributed by atoms with Gasteiger partial charge in [-0.25, -0.2) is 0 Å². The highest BCUT2D eigenvalue weighted by Crippen LogP contribution is 2.03. The predicted octanol–water partition coefficient (Wildman–Crippen LogP) is -1.19. The number of aliphatic hydroxyl groups excluding tert-OH is 1. The lowest BCUT2D eigenvalue weighted by atomic mass is 10.2. The molecule has 1 aliphatic rings. The average Bonchev–Trinajstić information content (AvgIpc) is 2.17. The first-order valence-corrected chi connectivity index (χ1v) is 4.85. The van der Waals surface area contributed by atoms with Gasteiger partial charge in [0.25, 0.3) is 5.91 Å². The molecule has 0 saturated carbocycles. The van der Waals surface area contributed by atoms with Crippen molar-refractivity contribution < 1.29 is 14.6 Å². The maximum Gasteiger partial charge on any atom is 0.250 e. The van der Waals surface area contributed by atoms with Crippen molar-refractivity contribution in [2.45, 2.75) is 19.1 Å². The molecule has 2 N–H and O–H groups in total. The molecule has 0 aromatic carbocycles. The fourth-order valence-corrected chi connectivity index (χ4v) is 1.32. The molecule has 0 aromatic rings. The molecular formula is C9H18N2O3. The van der Waals surface area contributed by atoms with E-state index < -0.39 is 6.10 Å². The molecule has 1 heterocycles. The lowest BCUT2D eigenvalue weighted by Crippen LogP contribution is -2.50. The van der Waals surface area contributed by atoms with E-state index in [1.165, 1.54) is 0 Å². The van der Waals surface area contributed by atoms with Crippen molar-refractivity contribution in [2.24, 2.45) is 0 Å². The van der Waals surface area contributed by atoms with Crippen LogP contribution in [0.2, 0.25) is 0 Å². The summed E-state index contributed by atoms with van der Waals surface area (Å²) in [5, 5.41) is 11.4. The van der Waals surface area contributed by atoms with E-state index in [9.17, 15) is 4.79 Å². The maximum atomic E-state index is 11.5. The highest BCUT2D eigenvalue weighted by atomic mass is 16.5. The van der Waals surface area contributed by atoms with Crippen LogP contribution in [0.25, 0.3) is 0 Å². The summed E-state index contributed by atoms with van der Waals surface area (Å²) in [6.07, 6.45) is -0.400. The zero-order valence-electron chi connectivity index (χ0n) is 8.69. The van der Waals surface area contributed by atoms with E-state index >= 15 is 0 Å². The molecule has 1 amide bonds. The first-order chi connectivity index (χ1) is 6.63. The Morgan fingerprint density at radius 2 is 2.50 bits per heavy atom. The van der Waals surface area contributed by atoms with Gasteiger partial charge in [0, 0.05) is 19.1 Å². The topological polar surface area (TPSA) is 61.8 Å². The van der Waals surface area contributed by atoms with Gasteiger partial charge in [0.05, 0.1) is 13.2 Å². The number of morpholine rings is 1. The van der Waals surface area contributed by atoms with Crippen molar-refractivity contribution in [1.82, 2.24) is 10.2 Å². The van der Waals surface area contributed by atoms with E-state index in [4.69, 9.17) is 9.84 Å². The van der Waals surface area contributed by atoms with Crippen molar-refractivity contribution in [1.29, 1.82) is 0 Å². The van der Waals surface area contributed by atoms with Crippen molar-refractivity contribution in [2.75, 3.05) is 33.4 Å². The number of carbonyl (C=O) groups excluding carboxylic acids is 1. The standard InChI is InChI=1S/C9H18N2O3/c1-7(6-12)10-9(13)8-5-11(2)3-4-14-8/h7-8,12H,3-6H2,1-2H3,(H,10,13). The molecule has 2 atom stereocenters. The molecule has 0 radical (unpaired) electrons. The van der Waals surface area contributed by atoms with Crippen LogP contribution in [0.1, 0.15) is 6.92 Å². The molecule has 1 saturated heterocycles. The number of aliphatic hydroxyl groups is 1. The molecule has 0 spiro atoms. The Balaban J connectivity index is 2.36. The normalized spacial score (nSPS) is 25.8. The number of nitrogens with zero attached hydrogens (tertiary/aromatic N) is 1. The third kappa shape index (κ3) is 3.25. The van der Waals surface area contributed by atoms with Gasteiger partial charge >= 0.3 is 0 Å². The van der Waals surface area contributed by atoms with Crippen LogP contribution >= 0.6 is 0 Å². The minimum Gasteiger partial charge on any atom is -0.394 e. The van der Waals surface area contributed by atoms with E-state index in [1.807, 2.05) is 7.05 Å². The van der Waals surface area contributed by atoms with Crippen molar-refractivity contribution >= 4 is 5.91 Å². The van der Waals surface area contributed by atoms with Gasteiger partial charge < -0.3 is 20.1 Å². The van der Waals surface area contributed by atoms with Crippen molar-refractivity contribution in [3.63, 3.8) is 0 Å². The number of rotatable bonds is 3. The minimum absolute atomic E-state index is 0.0473. The quantitative estimate of drug-likeness (QED) is 0.604. The highest BCUT2D eigenvalue weighted by Gasteiger charge is 2.25. The number of ether oxygens (including phenoxy) is 1. The summed E-state index contributed by atoms with van der Waals surface area (Å²) in [4.78, 5) is 13.6. The van der Waals surface area contributed by atoms with E-state index in [0.29, 0.717) is 13.2 Å². The summed E-state index contributed by atoms with van der Waals surface area (Å²) >= 11 is 0. The molecular weight excluding hydrogens is 184 g/mol. The summed E-state index contributed by atoms with van der Waals surface area (Å²) < 4.78 is 5.32. The second-order valence-corrected chi connectivity index (χ2v) is 3.71. The van der Waals surface area contributed by atoms with Crippen LogP contribution in [0, 0.1) is 0 Å². The van der Waals surface area contributed by atoms with Crippen LogP contribution in [0.3, 0.4) is 0 Å². The Kier molecular flexibility index (Phi) is 4.31.